The highest BCUT2D eigenvalue weighted by Gasteiger charge is 2.17. The molecule has 0 aliphatic rings. The lowest BCUT2D eigenvalue weighted by Crippen LogP contribution is -2.27. The van der Waals surface area contributed by atoms with E-state index >= 15 is 0 Å². The normalized spacial score (nSPS) is 10.2. The predicted molar refractivity (Wildman–Crippen MR) is 71.7 cm³/mol. The summed E-state index contributed by atoms with van der Waals surface area (Å²) in [6, 6.07) is 10.2. The molecule has 0 aromatic heterocycles. The number of aromatic hydroxyl groups is 1. The minimum atomic E-state index is -0.620. The molecule has 1 amide bonds. The minimum Gasteiger partial charge on any atom is -0.508 e. The van der Waals surface area contributed by atoms with Crippen LogP contribution in [0.5, 0.6) is 5.75 Å². The number of amides is 1. The SMILES string of the molecule is CN(C(=O)c1cccc(F)c1N)c1ccc(O)cc1. The first-order valence-corrected chi connectivity index (χ1v) is 5.62. The Morgan fingerprint density at radius 2 is 1.84 bits per heavy atom. The fraction of sp³-hybridized carbons (Fsp3) is 0.0714. The van der Waals surface area contributed by atoms with E-state index in [4.69, 9.17) is 5.73 Å². The molecule has 0 heterocycles. The summed E-state index contributed by atoms with van der Waals surface area (Å²) in [6.45, 7) is 0. The molecule has 0 bridgehead atoms. The molecule has 0 saturated carbocycles. The summed E-state index contributed by atoms with van der Waals surface area (Å²) in [7, 11) is 1.55. The lowest BCUT2D eigenvalue weighted by atomic mass is 10.1. The van der Waals surface area contributed by atoms with Crippen LogP contribution in [0.3, 0.4) is 0 Å². The molecular formula is C14H13FN2O2. The summed E-state index contributed by atoms with van der Waals surface area (Å²) < 4.78 is 13.3. The molecule has 2 rings (SSSR count). The average Bonchev–Trinajstić information content (AvgIpc) is 2.41. The smallest absolute Gasteiger partial charge is 0.260 e. The van der Waals surface area contributed by atoms with Gasteiger partial charge in [0.05, 0.1) is 11.3 Å². The molecule has 2 aromatic carbocycles. The van der Waals surface area contributed by atoms with Crippen molar-refractivity contribution in [3.8, 4) is 5.75 Å². The number of phenols is 1. The molecule has 0 atom stereocenters. The van der Waals surface area contributed by atoms with Gasteiger partial charge in [-0.05, 0) is 36.4 Å². The molecule has 0 fully saturated rings. The number of carbonyl (C=O) groups is 1. The first kappa shape index (κ1) is 12.9. The first-order chi connectivity index (χ1) is 9.00. The van der Waals surface area contributed by atoms with E-state index in [-0.39, 0.29) is 17.0 Å². The highest BCUT2D eigenvalue weighted by Crippen LogP contribution is 2.22. The summed E-state index contributed by atoms with van der Waals surface area (Å²) in [4.78, 5) is 13.6. The molecule has 0 aliphatic heterocycles. The number of hydrogen-bond donors (Lipinski definition) is 2. The number of carbonyl (C=O) groups excluding carboxylic acids is 1. The molecule has 0 radical (unpaired) electrons. The van der Waals surface area contributed by atoms with E-state index in [0.717, 1.165) is 0 Å². The minimum absolute atomic E-state index is 0.106. The third kappa shape index (κ3) is 2.49. The van der Waals surface area contributed by atoms with Crippen molar-refractivity contribution in [2.45, 2.75) is 0 Å². The van der Waals surface area contributed by atoms with E-state index < -0.39 is 11.7 Å². The number of nitrogens with zero attached hydrogens (tertiary/aromatic N) is 1. The number of phenolic OH excluding ortho intramolecular Hbond substituents is 1. The van der Waals surface area contributed by atoms with Crippen LogP contribution in [0, 0.1) is 5.82 Å². The number of anilines is 2. The van der Waals surface area contributed by atoms with Crippen LogP contribution < -0.4 is 10.6 Å². The maximum absolute atomic E-state index is 13.3. The Balaban J connectivity index is 2.33. The number of rotatable bonds is 2. The van der Waals surface area contributed by atoms with Crippen molar-refractivity contribution in [1.29, 1.82) is 0 Å². The maximum atomic E-state index is 13.3. The van der Waals surface area contributed by atoms with E-state index in [1.54, 1.807) is 19.2 Å². The van der Waals surface area contributed by atoms with Gasteiger partial charge in [0, 0.05) is 12.7 Å². The fourth-order valence-corrected chi connectivity index (χ4v) is 1.70. The Labute approximate surface area is 109 Å². The zero-order chi connectivity index (χ0) is 14.0. The summed E-state index contributed by atoms with van der Waals surface area (Å²) in [5.74, 6) is -0.928. The highest BCUT2D eigenvalue weighted by molar-refractivity contribution is 6.09. The van der Waals surface area contributed by atoms with Crippen LogP contribution in [-0.2, 0) is 0 Å². The number of nitrogens with two attached hydrogens (primary N) is 1. The van der Waals surface area contributed by atoms with Crippen LogP contribution in [0.1, 0.15) is 10.4 Å². The Hall–Kier alpha value is -2.56. The second kappa shape index (κ2) is 4.97. The molecular weight excluding hydrogens is 247 g/mol. The summed E-state index contributed by atoms with van der Waals surface area (Å²) >= 11 is 0. The van der Waals surface area contributed by atoms with Crippen molar-refractivity contribution >= 4 is 17.3 Å². The summed E-state index contributed by atoms with van der Waals surface area (Å²) in [5.41, 5.74) is 6.08. The van der Waals surface area contributed by atoms with Crippen molar-refractivity contribution in [1.82, 2.24) is 0 Å². The fourth-order valence-electron chi connectivity index (χ4n) is 1.70. The molecule has 2 aromatic rings. The number of nitrogen functional groups attached to an aromatic ring is 1. The van der Waals surface area contributed by atoms with E-state index in [9.17, 15) is 14.3 Å². The van der Waals surface area contributed by atoms with Crippen molar-refractivity contribution in [2.75, 3.05) is 17.7 Å². The molecule has 98 valence electrons. The molecule has 0 saturated heterocycles. The molecule has 5 heteroatoms. The largest absolute Gasteiger partial charge is 0.508 e. The second-order valence-corrected chi connectivity index (χ2v) is 4.08. The van der Waals surface area contributed by atoms with Crippen LogP contribution in [0.4, 0.5) is 15.8 Å². The van der Waals surface area contributed by atoms with Gasteiger partial charge in [-0.25, -0.2) is 4.39 Å². The van der Waals surface area contributed by atoms with Gasteiger partial charge in [0.2, 0.25) is 0 Å². The standard InChI is InChI=1S/C14H13FN2O2/c1-17(9-5-7-10(18)8-6-9)14(19)11-3-2-4-12(15)13(11)16/h2-8,18H,16H2,1H3. The second-order valence-electron chi connectivity index (χ2n) is 4.08. The van der Waals surface area contributed by atoms with Gasteiger partial charge in [-0.3, -0.25) is 4.79 Å². The number of hydrogen-bond acceptors (Lipinski definition) is 3. The van der Waals surface area contributed by atoms with Gasteiger partial charge in [0.25, 0.3) is 5.91 Å². The van der Waals surface area contributed by atoms with Gasteiger partial charge in [0.1, 0.15) is 11.6 Å². The van der Waals surface area contributed by atoms with E-state index in [0.29, 0.717) is 5.69 Å². The van der Waals surface area contributed by atoms with Crippen molar-refractivity contribution in [3.63, 3.8) is 0 Å². The molecule has 3 N–H and O–H groups in total. The maximum Gasteiger partial charge on any atom is 0.260 e. The van der Waals surface area contributed by atoms with Crippen molar-refractivity contribution in [3.05, 3.63) is 53.8 Å². The lowest BCUT2D eigenvalue weighted by Gasteiger charge is -2.18. The zero-order valence-corrected chi connectivity index (χ0v) is 10.3. The van der Waals surface area contributed by atoms with Crippen LogP contribution in [-0.4, -0.2) is 18.1 Å². The zero-order valence-electron chi connectivity index (χ0n) is 10.3. The van der Waals surface area contributed by atoms with Crippen LogP contribution >= 0.6 is 0 Å². The lowest BCUT2D eigenvalue weighted by molar-refractivity contribution is 0.0993. The van der Waals surface area contributed by atoms with Gasteiger partial charge in [-0.1, -0.05) is 6.07 Å². The summed E-state index contributed by atoms with van der Waals surface area (Å²) in [6.07, 6.45) is 0. The van der Waals surface area contributed by atoms with E-state index in [1.165, 1.54) is 35.2 Å². The van der Waals surface area contributed by atoms with Crippen molar-refractivity contribution < 1.29 is 14.3 Å². The van der Waals surface area contributed by atoms with Crippen LogP contribution in [0.15, 0.2) is 42.5 Å². The quantitative estimate of drug-likeness (QED) is 0.815. The molecule has 0 unspecified atom stereocenters. The summed E-state index contributed by atoms with van der Waals surface area (Å²) in [5, 5.41) is 9.20. The molecule has 19 heavy (non-hydrogen) atoms. The van der Waals surface area contributed by atoms with Crippen LogP contribution in [0.2, 0.25) is 0 Å². The number of halogens is 1. The number of benzene rings is 2. The average molecular weight is 260 g/mol. The van der Waals surface area contributed by atoms with Gasteiger partial charge in [-0.15, -0.1) is 0 Å². The Bertz CT molecular complexity index is 611. The predicted octanol–water partition coefficient (Wildman–Crippen LogP) is 2.39. The van der Waals surface area contributed by atoms with Gasteiger partial charge < -0.3 is 15.7 Å². The van der Waals surface area contributed by atoms with Gasteiger partial charge in [-0.2, -0.15) is 0 Å². The topological polar surface area (TPSA) is 66.6 Å². The highest BCUT2D eigenvalue weighted by atomic mass is 19.1. The third-order valence-corrected chi connectivity index (χ3v) is 2.82. The van der Waals surface area contributed by atoms with Gasteiger partial charge in [0.15, 0.2) is 0 Å². The molecule has 0 spiro atoms. The van der Waals surface area contributed by atoms with E-state index in [2.05, 4.69) is 0 Å². The molecule has 0 aliphatic carbocycles. The van der Waals surface area contributed by atoms with Gasteiger partial charge >= 0.3 is 0 Å². The Kier molecular flexibility index (Phi) is 3.37. The molecule has 4 nitrogen and oxygen atoms in total. The monoisotopic (exact) mass is 260 g/mol. The Morgan fingerprint density at radius 3 is 2.47 bits per heavy atom. The van der Waals surface area contributed by atoms with Crippen LogP contribution in [0.25, 0.3) is 0 Å². The van der Waals surface area contributed by atoms with E-state index in [1.807, 2.05) is 0 Å². The third-order valence-electron chi connectivity index (χ3n) is 2.82. The van der Waals surface area contributed by atoms with Crippen molar-refractivity contribution in [2.24, 2.45) is 0 Å². The Morgan fingerprint density at radius 1 is 1.21 bits per heavy atom. The number of para-hydroxylation sites is 1. The first-order valence-electron chi connectivity index (χ1n) is 5.62.